The summed E-state index contributed by atoms with van der Waals surface area (Å²) in [6.07, 6.45) is 2.50. The van der Waals surface area contributed by atoms with Gasteiger partial charge < -0.3 is 103 Å². The van der Waals surface area contributed by atoms with Crippen molar-refractivity contribution in [1.29, 1.82) is 0 Å². The number of aliphatic carboxylic acids is 8. The van der Waals surface area contributed by atoms with Crippen LogP contribution in [0.25, 0.3) is 43.6 Å². The maximum Gasteiger partial charge on any atom is 0.353 e. The molecule has 0 aliphatic carbocycles. The lowest BCUT2D eigenvalue weighted by molar-refractivity contribution is -0.159. The van der Waals surface area contributed by atoms with Gasteiger partial charge in [-0.05, 0) is 71.5 Å². The van der Waals surface area contributed by atoms with Crippen molar-refractivity contribution in [2.24, 2.45) is 21.8 Å². The summed E-state index contributed by atoms with van der Waals surface area (Å²) in [6, 6.07) is 49.1. The molecule has 30 heteroatoms. The van der Waals surface area contributed by atoms with Crippen LogP contribution in [0.3, 0.4) is 0 Å². The predicted molar refractivity (Wildman–Crippen MR) is 382 cm³/mol. The molecule has 0 aliphatic heterocycles. The van der Waals surface area contributed by atoms with Crippen molar-refractivity contribution >= 4 is 103 Å². The fraction of sp³-hybridized carbons (Fsp3) is 0.216. The first-order valence-corrected chi connectivity index (χ1v) is 31.4. The number of rotatable bonds is 26. The number of aromatic nitrogens is 4. The Bertz CT molecular complexity index is 4430. The number of hydrogen-bond acceptors (Lipinski definition) is 18. The Balaban J connectivity index is 0.000000231. The standard InChI is InChI=1S/2C15H15NO5.2C14H14N2O6.2C8H11N/c2*1-9(13(17)18)6-15(21,14(19)20)7-10-8-16-12-5-3-2-4-11(10)12;2*17-12(18)11(16-22)6-14(21,13(19)20)5-8-7-15-10-4-2-1-3-9(8)10;2*1-7(9)8-5-3-2-4-6-8/h2*2-5,8,16,21H,1,6-7H2,(H,17,18)(H,19,20);2*1-4,7,15,21-22H,5-6H2,(H,17,18)(H,19,20);2*2-7H,9H2,1H3/b;;2*16-11-;;/t2*15-;2*14-;2*7-/m101010/s1. The van der Waals surface area contributed by atoms with Gasteiger partial charge in [-0.2, -0.15) is 0 Å². The third-order valence-electron chi connectivity index (χ3n) is 16.1. The summed E-state index contributed by atoms with van der Waals surface area (Å²) in [4.78, 5) is 101. The number of para-hydroxylation sites is 4. The van der Waals surface area contributed by atoms with E-state index in [9.17, 15) is 79.2 Å². The zero-order chi connectivity index (χ0) is 77.3. The Hall–Kier alpha value is -12.6. The molecule has 0 aliphatic rings. The summed E-state index contributed by atoms with van der Waals surface area (Å²) in [5.41, 5.74) is 7.45. The van der Waals surface area contributed by atoms with Gasteiger partial charge in [-0.25, -0.2) is 38.4 Å². The number of nitrogens with one attached hydrogen (secondary N) is 4. The first kappa shape index (κ1) is 82.1. The lowest BCUT2D eigenvalue weighted by atomic mass is 9.88. The number of benzene rings is 6. The van der Waals surface area contributed by atoms with Crippen molar-refractivity contribution in [2.45, 2.75) is 99.7 Å². The average Bonchev–Trinajstić information content (AvgIpc) is 1.65. The van der Waals surface area contributed by atoms with Gasteiger partial charge in [0.05, 0.1) is 0 Å². The summed E-state index contributed by atoms with van der Waals surface area (Å²) >= 11 is 0. The van der Waals surface area contributed by atoms with Gasteiger partial charge in [0.25, 0.3) is 0 Å². The molecule has 0 fully saturated rings. The van der Waals surface area contributed by atoms with Crippen molar-refractivity contribution < 1.29 is 110 Å². The molecule has 104 heavy (non-hydrogen) atoms. The lowest BCUT2D eigenvalue weighted by Gasteiger charge is -2.23. The van der Waals surface area contributed by atoms with Crippen LogP contribution in [-0.4, -0.2) is 173 Å². The Morgan fingerprint density at radius 3 is 0.750 bits per heavy atom. The van der Waals surface area contributed by atoms with Crippen molar-refractivity contribution in [3.05, 3.63) is 240 Å². The minimum Gasteiger partial charge on any atom is -0.479 e. The van der Waals surface area contributed by atoms with Crippen LogP contribution in [0.15, 0.2) is 217 Å². The number of carboxylic acids is 8. The summed E-state index contributed by atoms with van der Waals surface area (Å²) in [6.45, 7) is 10.5. The molecule has 0 amide bonds. The number of carboxylic acid groups (broad SMARTS) is 8. The van der Waals surface area contributed by atoms with E-state index < -0.39 is 107 Å². The molecule has 6 atom stereocenters. The number of aromatic amines is 4. The van der Waals surface area contributed by atoms with E-state index in [1.54, 1.807) is 97.6 Å². The minimum absolute atomic E-state index is 0.159. The van der Waals surface area contributed by atoms with E-state index in [0.717, 1.165) is 43.6 Å². The molecule has 0 saturated carbocycles. The van der Waals surface area contributed by atoms with Crippen LogP contribution in [0, 0.1) is 0 Å². The van der Waals surface area contributed by atoms with E-state index in [1.807, 2.05) is 98.8 Å². The first-order valence-electron chi connectivity index (χ1n) is 31.4. The predicted octanol–water partition coefficient (Wildman–Crippen LogP) is 8.19. The third-order valence-corrected chi connectivity index (χ3v) is 16.1. The van der Waals surface area contributed by atoms with E-state index in [1.165, 1.54) is 11.1 Å². The number of oxime groups is 2. The number of fused-ring (bicyclic) bond motifs is 4. The van der Waals surface area contributed by atoms with Gasteiger partial charge in [0.2, 0.25) is 0 Å². The van der Waals surface area contributed by atoms with Crippen LogP contribution in [0.1, 0.15) is 85.0 Å². The largest absolute Gasteiger partial charge is 0.479 e. The van der Waals surface area contributed by atoms with Gasteiger partial charge in [0, 0.05) is 143 Å². The molecule has 0 radical (unpaired) electrons. The smallest absolute Gasteiger partial charge is 0.353 e. The van der Waals surface area contributed by atoms with Gasteiger partial charge in [0.15, 0.2) is 33.8 Å². The number of nitrogens with two attached hydrogens (primary N) is 2. The Kier molecular flexibility index (Phi) is 29.4. The first-order chi connectivity index (χ1) is 49.0. The van der Waals surface area contributed by atoms with E-state index in [4.69, 9.17) is 42.3 Å². The molecule has 0 saturated heterocycles. The fourth-order valence-electron chi connectivity index (χ4n) is 10.5. The van der Waals surface area contributed by atoms with Crippen LogP contribution in [0.4, 0.5) is 0 Å². The van der Waals surface area contributed by atoms with Gasteiger partial charge in [0.1, 0.15) is 0 Å². The molecule has 4 aromatic heterocycles. The van der Waals surface area contributed by atoms with Crippen molar-refractivity contribution in [3.63, 3.8) is 0 Å². The molecule has 0 unspecified atom stereocenters. The molecular formula is C74H80N8O22. The highest BCUT2D eigenvalue weighted by atomic mass is 16.5. The second-order valence-corrected chi connectivity index (χ2v) is 24.1. The number of hydrogen-bond donors (Lipinski definition) is 20. The van der Waals surface area contributed by atoms with Crippen LogP contribution < -0.4 is 11.5 Å². The van der Waals surface area contributed by atoms with Crippen LogP contribution in [-0.2, 0) is 64.0 Å². The van der Waals surface area contributed by atoms with Gasteiger partial charge in [-0.1, -0.05) is 157 Å². The molecule has 10 rings (SSSR count). The number of H-pyrrole nitrogens is 4. The molecule has 10 aromatic rings. The SMILES string of the molecule is C=C(C[C@@](O)(Cc1c[nH]c2ccccc12)C(=O)O)C(=O)O.C=C(C[C@](O)(Cc1c[nH]c2ccccc12)C(=O)O)C(=O)O.C[C@@H](N)c1ccccc1.C[C@H](N)c1ccccc1.O=C(O)/C(C[C@@](O)(Cc1c[nH]c2ccccc12)C(=O)O)=N\O.O=C(O)/C(C[C@](O)(Cc1c[nH]c2ccccc12)C(=O)O)=N\O. The van der Waals surface area contributed by atoms with Crippen LogP contribution >= 0.6 is 0 Å². The highest BCUT2D eigenvalue weighted by molar-refractivity contribution is 6.36. The van der Waals surface area contributed by atoms with E-state index >= 15 is 0 Å². The molecule has 0 spiro atoms. The molecule has 4 heterocycles. The van der Waals surface area contributed by atoms with E-state index in [2.05, 4.69) is 43.4 Å². The van der Waals surface area contributed by atoms with Gasteiger partial charge >= 0.3 is 47.8 Å². The zero-order valence-corrected chi connectivity index (χ0v) is 56.1. The second kappa shape index (κ2) is 37.2. The number of aliphatic hydroxyl groups is 4. The van der Waals surface area contributed by atoms with Gasteiger partial charge in [-0.15, -0.1) is 0 Å². The van der Waals surface area contributed by atoms with Crippen LogP contribution in [0.5, 0.6) is 0 Å². The monoisotopic (exact) mass is 1430 g/mol. The normalized spacial score (nSPS) is 14.0. The quantitative estimate of drug-likeness (QED) is 0.0105. The molecule has 22 N–H and O–H groups in total. The molecule has 0 bridgehead atoms. The average molecular weight is 1430 g/mol. The maximum absolute atomic E-state index is 11.4. The summed E-state index contributed by atoms with van der Waals surface area (Å²) < 4.78 is 0. The van der Waals surface area contributed by atoms with Crippen molar-refractivity contribution in [2.75, 3.05) is 0 Å². The molecular weight excluding hydrogens is 1350 g/mol. The lowest BCUT2D eigenvalue weighted by Crippen LogP contribution is -2.44. The molecule has 30 nitrogen and oxygen atoms in total. The third kappa shape index (κ3) is 22.7. The summed E-state index contributed by atoms with van der Waals surface area (Å²) in [5.74, 6) is -12.0. The summed E-state index contributed by atoms with van der Waals surface area (Å²) in [5, 5.41) is 139. The second-order valence-electron chi connectivity index (χ2n) is 24.1. The van der Waals surface area contributed by atoms with Crippen LogP contribution in [0.2, 0.25) is 0 Å². The van der Waals surface area contributed by atoms with Gasteiger partial charge in [-0.3, -0.25) is 0 Å². The van der Waals surface area contributed by atoms with Crippen molar-refractivity contribution in [3.8, 4) is 0 Å². The molecule has 548 valence electrons. The Morgan fingerprint density at radius 2 is 0.567 bits per heavy atom. The maximum atomic E-state index is 11.4. The topological polar surface area (TPSA) is 560 Å². The van der Waals surface area contributed by atoms with E-state index in [0.29, 0.717) is 22.3 Å². The highest BCUT2D eigenvalue weighted by Crippen LogP contribution is 2.31. The zero-order valence-electron chi connectivity index (χ0n) is 56.1. The number of nitrogens with zero attached hydrogens (tertiary/aromatic N) is 2. The Labute approximate surface area is 592 Å². The highest BCUT2D eigenvalue weighted by Gasteiger charge is 2.43. The van der Waals surface area contributed by atoms with E-state index in [-0.39, 0.29) is 48.9 Å². The number of carbonyl (C=O) groups is 8. The molecule has 6 aromatic carbocycles. The summed E-state index contributed by atoms with van der Waals surface area (Å²) in [7, 11) is 0. The Morgan fingerprint density at radius 1 is 0.356 bits per heavy atom. The van der Waals surface area contributed by atoms with Crippen molar-refractivity contribution in [1.82, 2.24) is 19.9 Å². The minimum atomic E-state index is -2.40. The fourth-order valence-corrected chi connectivity index (χ4v) is 10.5.